The van der Waals surface area contributed by atoms with Gasteiger partial charge in [-0.25, -0.2) is 0 Å². The second-order valence-corrected chi connectivity index (χ2v) is 5.94. The lowest BCUT2D eigenvalue weighted by atomic mass is 10.1. The van der Waals surface area contributed by atoms with Crippen LogP contribution in [0.3, 0.4) is 0 Å². The predicted molar refractivity (Wildman–Crippen MR) is 130 cm³/mol. The van der Waals surface area contributed by atoms with E-state index in [4.69, 9.17) is 0 Å². The zero-order valence-corrected chi connectivity index (χ0v) is 16.7. The standard InChI is InChI=1S/C10H12.C7H14.C6H12.3CH4/c1-3-9(2)10-7-5-4-6-8-10;1-4-6-7(3)5-2;1-4-5-6(2)3;;;/h3-8H,1-2H3;4,6-7H,5H2,1-3H3;5H,4H2,1-3H3;3*1H4/b;6-4+;;;;. The third-order valence-electron chi connectivity index (χ3n) is 3.44. The summed E-state index contributed by atoms with van der Waals surface area (Å²) >= 11 is 0. The normalized spacial score (nSPS) is 10.4. The molecule has 0 aliphatic heterocycles. The first-order valence-corrected chi connectivity index (χ1v) is 8.87. The minimum Gasteiger partial charge on any atom is -0.0914 e. The Bertz CT molecular complexity index is 442. The van der Waals surface area contributed by atoms with Crippen LogP contribution >= 0.6 is 0 Å². The van der Waals surface area contributed by atoms with Crippen molar-refractivity contribution in [1.82, 2.24) is 0 Å². The summed E-state index contributed by atoms with van der Waals surface area (Å²) < 4.78 is 0. The molecule has 0 aliphatic rings. The monoisotopic (exact) mass is 362 g/mol. The van der Waals surface area contributed by atoms with Crippen LogP contribution in [0.25, 0.3) is 5.57 Å². The maximum atomic E-state index is 2.22. The first-order valence-electron chi connectivity index (χ1n) is 8.87. The summed E-state index contributed by atoms with van der Waals surface area (Å²) in [6.07, 6.45) is 11.1. The summed E-state index contributed by atoms with van der Waals surface area (Å²) in [6.45, 7) is 17.0. The highest BCUT2D eigenvalue weighted by atomic mass is 13.9. The van der Waals surface area contributed by atoms with E-state index in [1.807, 2.05) is 6.07 Å². The van der Waals surface area contributed by atoms with Gasteiger partial charge in [0.2, 0.25) is 0 Å². The Morgan fingerprint density at radius 2 is 1.42 bits per heavy atom. The highest BCUT2D eigenvalue weighted by Gasteiger charge is 1.88. The Morgan fingerprint density at radius 3 is 1.65 bits per heavy atom. The molecule has 0 radical (unpaired) electrons. The van der Waals surface area contributed by atoms with Crippen LogP contribution in [0, 0.1) is 5.92 Å². The fraction of sp³-hybridized carbons (Fsp3) is 0.538. The molecule has 0 aromatic heterocycles. The molecule has 26 heavy (non-hydrogen) atoms. The first-order chi connectivity index (χ1) is 10.9. The maximum Gasteiger partial charge on any atom is -0.0231 e. The van der Waals surface area contributed by atoms with Gasteiger partial charge in [0, 0.05) is 0 Å². The Labute approximate surface area is 168 Å². The molecular weight excluding hydrogens is 312 g/mol. The Morgan fingerprint density at radius 1 is 0.923 bits per heavy atom. The molecule has 1 rings (SSSR count). The van der Waals surface area contributed by atoms with Gasteiger partial charge in [0.25, 0.3) is 0 Å². The largest absolute Gasteiger partial charge is 0.0914 e. The SMILES string of the molecule is C.C.C.C/C=C/C(C)CC.CC=C(C)c1ccccc1.CCC=C(C)C. The summed E-state index contributed by atoms with van der Waals surface area (Å²) in [7, 11) is 0. The zero-order chi connectivity index (χ0) is 18.1. The van der Waals surface area contributed by atoms with E-state index in [0.29, 0.717) is 0 Å². The average Bonchev–Trinajstić information content (AvgIpc) is 2.56. The Kier molecular flexibility index (Phi) is 35.1. The van der Waals surface area contributed by atoms with Crippen LogP contribution in [-0.4, -0.2) is 0 Å². The lowest BCUT2D eigenvalue weighted by molar-refractivity contribution is 0.697. The Balaban J connectivity index is -0.0000000834. The Hall–Kier alpha value is -1.56. The number of hydrogen-bond acceptors (Lipinski definition) is 0. The predicted octanol–water partition coefficient (Wildman–Crippen LogP) is 9.99. The van der Waals surface area contributed by atoms with Crippen molar-refractivity contribution in [3.05, 3.63) is 65.8 Å². The van der Waals surface area contributed by atoms with E-state index in [1.54, 1.807) is 0 Å². The van der Waals surface area contributed by atoms with E-state index in [-0.39, 0.29) is 22.3 Å². The van der Waals surface area contributed by atoms with Gasteiger partial charge in [-0.2, -0.15) is 0 Å². The van der Waals surface area contributed by atoms with Crippen molar-refractivity contribution in [2.75, 3.05) is 0 Å². The summed E-state index contributed by atoms with van der Waals surface area (Å²) in [5, 5.41) is 0. The van der Waals surface area contributed by atoms with Gasteiger partial charge in [0.05, 0.1) is 0 Å². The molecule has 0 heteroatoms. The minimum atomic E-state index is 0. The van der Waals surface area contributed by atoms with Crippen LogP contribution in [-0.2, 0) is 0 Å². The molecule has 1 atom stereocenters. The van der Waals surface area contributed by atoms with Crippen LogP contribution in [0.2, 0.25) is 0 Å². The van der Waals surface area contributed by atoms with Crippen LogP contribution in [0.1, 0.15) is 96.1 Å². The van der Waals surface area contributed by atoms with Crippen molar-refractivity contribution in [2.45, 2.75) is 90.5 Å². The van der Waals surface area contributed by atoms with Crippen molar-refractivity contribution < 1.29 is 0 Å². The quantitative estimate of drug-likeness (QED) is 0.467. The smallest absolute Gasteiger partial charge is 0.0231 e. The van der Waals surface area contributed by atoms with Crippen molar-refractivity contribution in [3.8, 4) is 0 Å². The van der Waals surface area contributed by atoms with Crippen LogP contribution < -0.4 is 0 Å². The maximum absolute atomic E-state index is 2.22. The molecule has 1 aromatic carbocycles. The van der Waals surface area contributed by atoms with Gasteiger partial charge in [0.15, 0.2) is 0 Å². The molecule has 1 unspecified atom stereocenters. The van der Waals surface area contributed by atoms with E-state index in [2.05, 4.69) is 104 Å². The fourth-order valence-electron chi connectivity index (χ4n) is 1.74. The molecule has 0 spiro atoms. The highest BCUT2D eigenvalue weighted by molar-refractivity contribution is 5.62. The van der Waals surface area contributed by atoms with E-state index >= 15 is 0 Å². The number of hydrogen-bond donors (Lipinski definition) is 0. The zero-order valence-electron chi connectivity index (χ0n) is 16.7. The molecule has 0 saturated carbocycles. The molecule has 1 aromatic rings. The number of allylic oxidation sites excluding steroid dienone is 6. The second kappa shape index (κ2) is 25.7. The van der Waals surface area contributed by atoms with Gasteiger partial charge in [-0.05, 0) is 58.1 Å². The molecule has 0 bridgehead atoms. The van der Waals surface area contributed by atoms with Crippen molar-refractivity contribution >= 4 is 5.57 Å². The molecule has 0 N–H and O–H groups in total. The molecular formula is C26H50. The summed E-state index contributed by atoms with van der Waals surface area (Å²) in [4.78, 5) is 0. The fourth-order valence-corrected chi connectivity index (χ4v) is 1.74. The van der Waals surface area contributed by atoms with Crippen molar-refractivity contribution in [2.24, 2.45) is 5.92 Å². The molecule has 0 amide bonds. The lowest BCUT2D eigenvalue weighted by Gasteiger charge is -1.97. The van der Waals surface area contributed by atoms with Crippen LogP contribution in [0.15, 0.2) is 60.2 Å². The van der Waals surface area contributed by atoms with Gasteiger partial charge >= 0.3 is 0 Å². The summed E-state index contributed by atoms with van der Waals surface area (Å²) in [5.74, 6) is 0.769. The first kappa shape index (κ1) is 35.5. The topological polar surface area (TPSA) is 0 Å². The van der Waals surface area contributed by atoms with Gasteiger partial charge < -0.3 is 0 Å². The van der Waals surface area contributed by atoms with Gasteiger partial charge in [-0.1, -0.05) is 110 Å². The minimum absolute atomic E-state index is 0. The van der Waals surface area contributed by atoms with Gasteiger partial charge in [-0.3, -0.25) is 0 Å². The third kappa shape index (κ3) is 24.7. The van der Waals surface area contributed by atoms with Crippen molar-refractivity contribution in [1.29, 1.82) is 0 Å². The lowest BCUT2D eigenvalue weighted by Crippen LogP contribution is -1.81. The number of benzene rings is 1. The molecule has 0 nitrogen and oxygen atoms in total. The third-order valence-corrected chi connectivity index (χ3v) is 3.44. The molecule has 0 fully saturated rings. The summed E-state index contributed by atoms with van der Waals surface area (Å²) in [6, 6.07) is 10.4. The van der Waals surface area contributed by atoms with Crippen molar-refractivity contribution in [3.63, 3.8) is 0 Å². The highest BCUT2D eigenvalue weighted by Crippen LogP contribution is 2.11. The van der Waals surface area contributed by atoms with E-state index < -0.39 is 0 Å². The molecule has 0 heterocycles. The van der Waals surface area contributed by atoms with Gasteiger partial charge in [0.1, 0.15) is 0 Å². The summed E-state index contributed by atoms with van der Waals surface area (Å²) in [5.41, 5.74) is 4.06. The van der Waals surface area contributed by atoms with E-state index in [1.165, 1.54) is 29.6 Å². The molecule has 0 aliphatic carbocycles. The molecule has 0 saturated heterocycles. The van der Waals surface area contributed by atoms with Gasteiger partial charge in [-0.15, -0.1) is 0 Å². The van der Waals surface area contributed by atoms with E-state index in [9.17, 15) is 0 Å². The number of rotatable bonds is 4. The molecule has 154 valence electrons. The van der Waals surface area contributed by atoms with E-state index in [0.717, 1.165) is 5.92 Å². The second-order valence-electron chi connectivity index (χ2n) is 5.94. The van der Waals surface area contributed by atoms with Crippen LogP contribution in [0.5, 0.6) is 0 Å². The van der Waals surface area contributed by atoms with Crippen LogP contribution in [0.4, 0.5) is 0 Å². The average molecular weight is 363 g/mol.